The van der Waals surface area contributed by atoms with Crippen molar-refractivity contribution in [1.29, 1.82) is 0 Å². The van der Waals surface area contributed by atoms with Crippen molar-refractivity contribution in [1.82, 2.24) is 15.2 Å². The first-order valence-corrected chi connectivity index (χ1v) is 4.31. The molecule has 0 radical (unpaired) electrons. The first kappa shape index (κ1) is 10.2. The molecule has 0 aliphatic rings. The Bertz CT molecular complexity index is 248. The Kier molecular flexibility index (Phi) is 3.88. The Labute approximate surface area is 77.8 Å². The van der Waals surface area contributed by atoms with Gasteiger partial charge >= 0.3 is 0 Å². The molecule has 0 aliphatic heterocycles. The number of hydrogen-bond donors (Lipinski definition) is 2. The van der Waals surface area contributed by atoms with Crippen LogP contribution in [0.5, 0.6) is 0 Å². The van der Waals surface area contributed by atoms with E-state index in [4.69, 9.17) is 10.6 Å². The van der Waals surface area contributed by atoms with Gasteiger partial charge < -0.3 is 4.74 Å². The molecule has 5 heteroatoms. The molecule has 0 amide bonds. The zero-order chi connectivity index (χ0) is 9.68. The van der Waals surface area contributed by atoms with E-state index < -0.39 is 0 Å². The summed E-state index contributed by atoms with van der Waals surface area (Å²) >= 11 is 0. The van der Waals surface area contributed by atoms with Gasteiger partial charge in [0.2, 0.25) is 0 Å². The Balaban J connectivity index is 2.61. The highest BCUT2D eigenvalue weighted by atomic mass is 16.5. The summed E-state index contributed by atoms with van der Waals surface area (Å²) in [7, 11) is 1.88. The maximum Gasteiger partial charge on any atom is 0.0862 e. The van der Waals surface area contributed by atoms with Gasteiger partial charge in [0.1, 0.15) is 0 Å². The number of aryl methyl sites for hydroxylation is 1. The fourth-order valence-electron chi connectivity index (χ4n) is 1.18. The Morgan fingerprint density at radius 1 is 1.77 bits per heavy atom. The van der Waals surface area contributed by atoms with Crippen LogP contribution in [-0.2, 0) is 11.8 Å². The zero-order valence-corrected chi connectivity index (χ0v) is 8.03. The molecule has 74 valence electrons. The lowest BCUT2D eigenvalue weighted by Crippen LogP contribution is -2.32. The van der Waals surface area contributed by atoms with E-state index in [1.165, 1.54) is 0 Å². The minimum atomic E-state index is 0.00690. The van der Waals surface area contributed by atoms with Crippen molar-refractivity contribution in [2.75, 3.05) is 13.2 Å². The highest BCUT2D eigenvalue weighted by Crippen LogP contribution is 2.10. The molecule has 0 bridgehead atoms. The molecule has 0 aromatic carbocycles. The van der Waals surface area contributed by atoms with E-state index in [9.17, 15) is 0 Å². The third-order valence-electron chi connectivity index (χ3n) is 1.91. The monoisotopic (exact) mass is 184 g/mol. The summed E-state index contributed by atoms with van der Waals surface area (Å²) in [6, 6.07) is 1.93. The fraction of sp³-hybridized carbons (Fsp3) is 0.625. The van der Waals surface area contributed by atoms with E-state index in [0.29, 0.717) is 13.2 Å². The molecule has 1 rings (SSSR count). The van der Waals surface area contributed by atoms with E-state index in [-0.39, 0.29) is 6.04 Å². The lowest BCUT2D eigenvalue weighted by Gasteiger charge is -2.15. The van der Waals surface area contributed by atoms with Crippen molar-refractivity contribution < 1.29 is 4.74 Å². The number of nitrogens with zero attached hydrogens (tertiary/aromatic N) is 2. The molecule has 0 fully saturated rings. The van der Waals surface area contributed by atoms with E-state index in [0.717, 1.165) is 5.69 Å². The normalized spacial score (nSPS) is 13.2. The quantitative estimate of drug-likeness (QED) is 0.498. The van der Waals surface area contributed by atoms with Crippen molar-refractivity contribution >= 4 is 0 Å². The van der Waals surface area contributed by atoms with E-state index in [1.807, 2.05) is 20.0 Å². The van der Waals surface area contributed by atoms with Crippen molar-refractivity contribution in [3.8, 4) is 0 Å². The lowest BCUT2D eigenvalue weighted by atomic mass is 10.2. The number of aromatic nitrogens is 2. The second-order valence-corrected chi connectivity index (χ2v) is 2.76. The fourth-order valence-corrected chi connectivity index (χ4v) is 1.18. The molecule has 0 saturated heterocycles. The second kappa shape index (κ2) is 4.96. The highest BCUT2D eigenvalue weighted by molar-refractivity contribution is 5.06. The topological polar surface area (TPSA) is 65.1 Å². The minimum Gasteiger partial charge on any atom is -0.380 e. The van der Waals surface area contributed by atoms with Gasteiger partial charge in [0, 0.05) is 19.9 Å². The molecule has 1 heterocycles. The van der Waals surface area contributed by atoms with Crippen LogP contribution in [0.3, 0.4) is 0 Å². The molecular formula is C8H16N4O. The van der Waals surface area contributed by atoms with Gasteiger partial charge in [0.25, 0.3) is 0 Å². The first-order valence-electron chi connectivity index (χ1n) is 4.31. The van der Waals surface area contributed by atoms with Crippen molar-refractivity contribution in [2.24, 2.45) is 12.9 Å². The van der Waals surface area contributed by atoms with Crippen molar-refractivity contribution in [3.05, 3.63) is 18.0 Å². The lowest BCUT2D eigenvalue weighted by molar-refractivity contribution is 0.121. The molecule has 1 atom stereocenters. The molecule has 1 aromatic rings. The molecular weight excluding hydrogens is 168 g/mol. The zero-order valence-electron chi connectivity index (χ0n) is 8.03. The average Bonchev–Trinajstić information content (AvgIpc) is 2.54. The summed E-state index contributed by atoms with van der Waals surface area (Å²) in [4.78, 5) is 0. The first-order chi connectivity index (χ1) is 6.29. The third-order valence-corrected chi connectivity index (χ3v) is 1.91. The SMILES string of the molecule is CCOCC(NN)c1ccnn1C. The highest BCUT2D eigenvalue weighted by Gasteiger charge is 2.12. The predicted molar refractivity (Wildman–Crippen MR) is 49.8 cm³/mol. The van der Waals surface area contributed by atoms with Gasteiger partial charge in [-0.3, -0.25) is 10.5 Å². The molecule has 0 aliphatic carbocycles. The van der Waals surface area contributed by atoms with E-state index in [2.05, 4.69) is 10.5 Å². The molecule has 3 N–H and O–H groups in total. The van der Waals surface area contributed by atoms with Crippen LogP contribution in [0.15, 0.2) is 12.3 Å². The summed E-state index contributed by atoms with van der Waals surface area (Å²) in [5, 5.41) is 4.06. The van der Waals surface area contributed by atoms with Gasteiger partial charge in [-0.2, -0.15) is 5.10 Å². The number of hydrogen-bond acceptors (Lipinski definition) is 4. The molecule has 0 spiro atoms. The van der Waals surface area contributed by atoms with Crippen LogP contribution in [0.1, 0.15) is 18.7 Å². The minimum absolute atomic E-state index is 0.00690. The van der Waals surface area contributed by atoms with Crippen LogP contribution in [0.25, 0.3) is 0 Å². The predicted octanol–water partition coefficient (Wildman–Crippen LogP) is -0.0390. The molecule has 0 saturated carbocycles. The maximum absolute atomic E-state index is 5.40. The van der Waals surface area contributed by atoms with Crippen LogP contribution >= 0.6 is 0 Å². The Hall–Kier alpha value is -0.910. The van der Waals surface area contributed by atoms with Gasteiger partial charge in [-0.05, 0) is 13.0 Å². The van der Waals surface area contributed by atoms with Crippen molar-refractivity contribution in [3.63, 3.8) is 0 Å². The number of nitrogens with two attached hydrogens (primary N) is 1. The van der Waals surface area contributed by atoms with Gasteiger partial charge in [0.05, 0.1) is 18.3 Å². The molecule has 1 aromatic heterocycles. The Morgan fingerprint density at radius 3 is 3.00 bits per heavy atom. The van der Waals surface area contributed by atoms with Gasteiger partial charge in [-0.1, -0.05) is 0 Å². The second-order valence-electron chi connectivity index (χ2n) is 2.76. The van der Waals surface area contributed by atoms with Crippen LogP contribution in [0, 0.1) is 0 Å². The van der Waals surface area contributed by atoms with Crippen LogP contribution in [0.4, 0.5) is 0 Å². The van der Waals surface area contributed by atoms with Gasteiger partial charge in [-0.15, -0.1) is 0 Å². The third kappa shape index (κ3) is 2.51. The van der Waals surface area contributed by atoms with Gasteiger partial charge in [0.15, 0.2) is 0 Å². The molecule has 5 nitrogen and oxygen atoms in total. The average molecular weight is 184 g/mol. The van der Waals surface area contributed by atoms with Crippen LogP contribution in [0.2, 0.25) is 0 Å². The number of hydrazine groups is 1. The number of ether oxygens (including phenoxy) is 1. The summed E-state index contributed by atoms with van der Waals surface area (Å²) < 4.78 is 7.06. The summed E-state index contributed by atoms with van der Waals surface area (Å²) in [6.07, 6.45) is 1.74. The van der Waals surface area contributed by atoms with Crippen LogP contribution in [-0.4, -0.2) is 23.0 Å². The Morgan fingerprint density at radius 2 is 2.54 bits per heavy atom. The van der Waals surface area contributed by atoms with Crippen molar-refractivity contribution in [2.45, 2.75) is 13.0 Å². The smallest absolute Gasteiger partial charge is 0.0862 e. The number of rotatable bonds is 5. The summed E-state index contributed by atoms with van der Waals surface area (Å²) in [6.45, 7) is 3.21. The standard InChI is InChI=1S/C8H16N4O/c1-3-13-6-7(11-9)8-4-5-10-12(8)2/h4-5,7,11H,3,6,9H2,1-2H3. The maximum atomic E-state index is 5.40. The van der Waals surface area contributed by atoms with Gasteiger partial charge in [-0.25, -0.2) is 5.43 Å². The number of nitrogens with one attached hydrogen (secondary N) is 1. The summed E-state index contributed by atoms with van der Waals surface area (Å²) in [5.74, 6) is 5.40. The van der Waals surface area contributed by atoms with E-state index >= 15 is 0 Å². The summed E-state index contributed by atoms with van der Waals surface area (Å²) in [5.41, 5.74) is 3.72. The van der Waals surface area contributed by atoms with Crippen LogP contribution < -0.4 is 11.3 Å². The van der Waals surface area contributed by atoms with E-state index in [1.54, 1.807) is 10.9 Å². The largest absolute Gasteiger partial charge is 0.380 e. The molecule has 13 heavy (non-hydrogen) atoms. The molecule has 1 unspecified atom stereocenters.